The molecule has 0 unspecified atom stereocenters. The van der Waals surface area contributed by atoms with Crippen LogP contribution in [0.2, 0.25) is 5.02 Å². The number of rotatable bonds is 6. The fourth-order valence-electron chi connectivity index (χ4n) is 2.34. The van der Waals surface area contributed by atoms with Crippen LogP contribution in [-0.4, -0.2) is 17.9 Å². The van der Waals surface area contributed by atoms with Gasteiger partial charge in [-0.25, -0.2) is 4.98 Å². The van der Waals surface area contributed by atoms with E-state index in [-0.39, 0.29) is 5.78 Å². The van der Waals surface area contributed by atoms with E-state index in [0.717, 1.165) is 17.0 Å². The van der Waals surface area contributed by atoms with E-state index in [1.165, 1.54) is 6.08 Å². The van der Waals surface area contributed by atoms with E-state index in [2.05, 4.69) is 10.3 Å². The molecule has 1 heterocycles. The number of carbonyl (C=O) groups is 1. The second kappa shape index (κ2) is 8.32. The van der Waals surface area contributed by atoms with Crippen molar-refractivity contribution in [2.45, 2.75) is 0 Å². The van der Waals surface area contributed by atoms with E-state index in [4.69, 9.17) is 16.3 Å². The Hall–Kier alpha value is -3.11. The van der Waals surface area contributed by atoms with Gasteiger partial charge < -0.3 is 10.1 Å². The Kier molecular flexibility index (Phi) is 5.66. The molecular formula is C21H17ClN2O2. The van der Waals surface area contributed by atoms with Crippen LogP contribution in [0.5, 0.6) is 5.75 Å². The molecule has 0 aliphatic carbocycles. The lowest BCUT2D eigenvalue weighted by atomic mass is 10.1. The molecule has 2 aromatic carbocycles. The average Bonchev–Trinajstić information content (AvgIpc) is 2.68. The first-order valence-electron chi connectivity index (χ1n) is 8.00. The van der Waals surface area contributed by atoms with Crippen molar-refractivity contribution in [1.29, 1.82) is 0 Å². The number of nitrogens with one attached hydrogen (secondary N) is 1. The summed E-state index contributed by atoms with van der Waals surface area (Å²) in [6, 6.07) is 18.1. The molecule has 0 bridgehead atoms. The molecule has 0 saturated carbocycles. The highest BCUT2D eigenvalue weighted by atomic mass is 35.5. The van der Waals surface area contributed by atoms with Crippen molar-refractivity contribution in [3.63, 3.8) is 0 Å². The maximum absolute atomic E-state index is 12.3. The SMILES string of the molecule is COc1ccc(Nc2ncccc2/C=C/C(=O)c2ccc(Cl)cc2)cc1. The van der Waals surface area contributed by atoms with E-state index in [1.54, 1.807) is 43.6 Å². The third kappa shape index (κ3) is 4.49. The van der Waals surface area contributed by atoms with E-state index in [1.807, 2.05) is 36.4 Å². The number of hydrogen-bond donors (Lipinski definition) is 1. The molecule has 0 amide bonds. The first-order valence-corrected chi connectivity index (χ1v) is 8.37. The molecule has 3 rings (SSSR count). The molecule has 0 atom stereocenters. The van der Waals surface area contributed by atoms with Gasteiger partial charge in [0, 0.05) is 28.0 Å². The van der Waals surface area contributed by atoms with Gasteiger partial charge >= 0.3 is 0 Å². The molecule has 0 spiro atoms. The van der Waals surface area contributed by atoms with Crippen LogP contribution < -0.4 is 10.1 Å². The number of carbonyl (C=O) groups excluding carboxylic acids is 1. The van der Waals surface area contributed by atoms with Gasteiger partial charge in [0.2, 0.25) is 0 Å². The topological polar surface area (TPSA) is 51.2 Å². The van der Waals surface area contributed by atoms with Gasteiger partial charge in [-0.05, 0) is 72.8 Å². The van der Waals surface area contributed by atoms with E-state index in [0.29, 0.717) is 16.4 Å². The summed E-state index contributed by atoms with van der Waals surface area (Å²) in [4.78, 5) is 16.6. The lowest BCUT2D eigenvalue weighted by Gasteiger charge is -2.09. The molecule has 0 aliphatic rings. The Balaban J connectivity index is 1.77. The largest absolute Gasteiger partial charge is 0.497 e. The molecule has 26 heavy (non-hydrogen) atoms. The highest BCUT2D eigenvalue weighted by Gasteiger charge is 2.04. The van der Waals surface area contributed by atoms with Gasteiger partial charge in [0.05, 0.1) is 7.11 Å². The van der Waals surface area contributed by atoms with Crippen LogP contribution in [0.4, 0.5) is 11.5 Å². The summed E-state index contributed by atoms with van der Waals surface area (Å²) in [5, 5.41) is 3.85. The maximum atomic E-state index is 12.3. The summed E-state index contributed by atoms with van der Waals surface area (Å²) in [5.74, 6) is 1.35. The summed E-state index contributed by atoms with van der Waals surface area (Å²) in [6.07, 6.45) is 4.97. The number of ketones is 1. The monoisotopic (exact) mass is 364 g/mol. The fourth-order valence-corrected chi connectivity index (χ4v) is 2.47. The molecule has 0 aliphatic heterocycles. The van der Waals surface area contributed by atoms with Gasteiger partial charge in [-0.1, -0.05) is 11.6 Å². The number of pyridine rings is 1. The Morgan fingerprint density at radius 2 is 1.81 bits per heavy atom. The predicted octanol–water partition coefficient (Wildman–Crippen LogP) is 5.38. The lowest BCUT2D eigenvalue weighted by Crippen LogP contribution is -1.97. The number of allylic oxidation sites excluding steroid dienone is 1. The Bertz CT molecular complexity index is 920. The number of anilines is 2. The van der Waals surface area contributed by atoms with Crippen molar-refractivity contribution in [3.8, 4) is 5.75 Å². The number of halogens is 1. The molecule has 1 N–H and O–H groups in total. The summed E-state index contributed by atoms with van der Waals surface area (Å²) >= 11 is 5.85. The quantitative estimate of drug-likeness (QED) is 0.471. The van der Waals surface area contributed by atoms with Crippen molar-refractivity contribution in [3.05, 3.63) is 89.1 Å². The normalized spacial score (nSPS) is 10.7. The number of ether oxygens (including phenoxy) is 1. The molecule has 130 valence electrons. The number of benzene rings is 2. The van der Waals surface area contributed by atoms with Crippen molar-refractivity contribution < 1.29 is 9.53 Å². The van der Waals surface area contributed by atoms with Crippen molar-refractivity contribution >= 4 is 35.0 Å². The first-order chi connectivity index (χ1) is 12.7. The number of methoxy groups -OCH3 is 1. The maximum Gasteiger partial charge on any atom is 0.185 e. The molecule has 3 aromatic rings. The summed E-state index contributed by atoms with van der Waals surface area (Å²) in [6.45, 7) is 0. The summed E-state index contributed by atoms with van der Waals surface area (Å²) in [7, 11) is 1.63. The summed E-state index contributed by atoms with van der Waals surface area (Å²) < 4.78 is 5.16. The highest BCUT2D eigenvalue weighted by Crippen LogP contribution is 2.22. The smallest absolute Gasteiger partial charge is 0.185 e. The van der Waals surface area contributed by atoms with Crippen molar-refractivity contribution in [2.75, 3.05) is 12.4 Å². The highest BCUT2D eigenvalue weighted by molar-refractivity contribution is 6.30. The molecule has 1 aromatic heterocycles. The van der Waals surface area contributed by atoms with E-state index < -0.39 is 0 Å². The van der Waals surface area contributed by atoms with Crippen molar-refractivity contribution in [1.82, 2.24) is 4.98 Å². The van der Waals surface area contributed by atoms with Gasteiger partial charge in [0.25, 0.3) is 0 Å². The first kappa shape index (κ1) is 17.7. The zero-order valence-corrected chi connectivity index (χ0v) is 14.9. The van der Waals surface area contributed by atoms with Gasteiger partial charge in [0.1, 0.15) is 11.6 Å². The molecule has 5 heteroatoms. The van der Waals surface area contributed by atoms with Gasteiger partial charge in [0.15, 0.2) is 5.78 Å². The number of nitrogens with zero attached hydrogens (tertiary/aromatic N) is 1. The van der Waals surface area contributed by atoms with Crippen LogP contribution in [0.15, 0.2) is 72.9 Å². The Morgan fingerprint density at radius 3 is 2.50 bits per heavy atom. The second-order valence-electron chi connectivity index (χ2n) is 5.50. The predicted molar refractivity (Wildman–Crippen MR) is 105 cm³/mol. The molecule has 0 fully saturated rings. The second-order valence-corrected chi connectivity index (χ2v) is 5.94. The lowest BCUT2D eigenvalue weighted by molar-refractivity contribution is 0.104. The van der Waals surface area contributed by atoms with E-state index in [9.17, 15) is 4.79 Å². The van der Waals surface area contributed by atoms with Crippen LogP contribution in [0, 0.1) is 0 Å². The van der Waals surface area contributed by atoms with Gasteiger partial charge in [-0.2, -0.15) is 0 Å². The minimum absolute atomic E-state index is 0.0964. The molecular weight excluding hydrogens is 348 g/mol. The average molecular weight is 365 g/mol. The van der Waals surface area contributed by atoms with Crippen LogP contribution >= 0.6 is 11.6 Å². The number of hydrogen-bond acceptors (Lipinski definition) is 4. The zero-order chi connectivity index (χ0) is 18.4. The Labute approximate surface area is 157 Å². The van der Waals surface area contributed by atoms with Gasteiger partial charge in [-0.15, -0.1) is 0 Å². The molecule has 4 nitrogen and oxygen atoms in total. The third-order valence-electron chi connectivity index (χ3n) is 3.73. The van der Waals surface area contributed by atoms with Crippen LogP contribution in [0.3, 0.4) is 0 Å². The third-order valence-corrected chi connectivity index (χ3v) is 3.99. The van der Waals surface area contributed by atoms with Crippen LogP contribution in [0.1, 0.15) is 15.9 Å². The van der Waals surface area contributed by atoms with Crippen LogP contribution in [0.25, 0.3) is 6.08 Å². The zero-order valence-electron chi connectivity index (χ0n) is 14.1. The summed E-state index contributed by atoms with van der Waals surface area (Å²) in [5.41, 5.74) is 2.27. The van der Waals surface area contributed by atoms with Crippen LogP contribution in [-0.2, 0) is 0 Å². The minimum Gasteiger partial charge on any atom is -0.497 e. The number of aromatic nitrogens is 1. The standard InChI is InChI=1S/C21H17ClN2O2/c1-26-19-11-9-18(10-12-19)24-21-16(3-2-14-23-21)6-13-20(25)15-4-7-17(22)8-5-15/h2-14H,1H3,(H,23,24)/b13-6+. The molecule has 0 radical (unpaired) electrons. The van der Waals surface area contributed by atoms with E-state index >= 15 is 0 Å². The fraction of sp³-hybridized carbons (Fsp3) is 0.0476. The van der Waals surface area contributed by atoms with Crippen molar-refractivity contribution in [2.24, 2.45) is 0 Å². The van der Waals surface area contributed by atoms with Gasteiger partial charge in [-0.3, -0.25) is 4.79 Å². The Morgan fingerprint density at radius 1 is 1.08 bits per heavy atom. The molecule has 0 saturated heterocycles. The minimum atomic E-state index is -0.0964.